The third kappa shape index (κ3) is 5.46. The lowest BCUT2D eigenvalue weighted by atomic mass is 10.1. The predicted octanol–water partition coefficient (Wildman–Crippen LogP) is 4.56. The summed E-state index contributed by atoms with van der Waals surface area (Å²) in [6, 6.07) is 19.2. The Morgan fingerprint density at radius 2 is 1.62 bits per heavy atom. The number of anilines is 3. The molecule has 0 bridgehead atoms. The van der Waals surface area contributed by atoms with Gasteiger partial charge in [0.1, 0.15) is 16.5 Å². The Morgan fingerprint density at radius 1 is 0.892 bits per heavy atom. The van der Waals surface area contributed by atoms with Gasteiger partial charge in [-0.25, -0.2) is 9.69 Å². The molecular formula is C27H22ClN3O6. The molecule has 9 nitrogen and oxygen atoms in total. The van der Waals surface area contributed by atoms with Gasteiger partial charge in [-0.05, 0) is 61.5 Å². The van der Waals surface area contributed by atoms with Crippen LogP contribution in [-0.4, -0.2) is 37.4 Å². The molecule has 1 aliphatic rings. The average molecular weight is 520 g/mol. The van der Waals surface area contributed by atoms with Crippen LogP contribution in [0.15, 0.2) is 83.5 Å². The summed E-state index contributed by atoms with van der Waals surface area (Å²) in [7, 11) is 1.54. The topological polar surface area (TPSA) is 114 Å². The number of halogens is 1. The van der Waals surface area contributed by atoms with Crippen LogP contribution in [0.2, 0.25) is 0 Å². The van der Waals surface area contributed by atoms with Crippen LogP contribution < -0.4 is 20.3 Å². The smallest absolute Gasteiger partial charge is 0.338 e. The largest absolute Gasteiger partial charge is 0.497 e. The predicted molar refractivity (Wildman–Crippen MR) is 139 cm³/mol. The molecule has 2 N–H and O–H groups in total. The molecule has 37 heavy (non-hydrogen) atoms. The maximum atomic E-state index is 13.1. The third-order valence-electron chi connectivity index (χ3n) is 5.39. The summed E-state index contributed by atoms with van der Waals surface area (Å²) in [5.41, 5.74) is 1.64. The minimum atomic E-state index is -0.732. The number of methoxy groups -OCH3 is 1. The average Bonchev–Trinajstić information content (AvgIpc) is 3.12. The number of nitrogens with one attached hydrogen (secondary N) is 2. The van der Waals surface area contributed by atoms with Crippen LogP contribution in [0.25, 0.3) is 0 Å². The van der Waals surface area contributed by atoms with Crippen LogP contribution in [-0.2, 0) is 14.3 Å². The van der Waals surface area contributed by atoms with E-state index in [1.807, 2.05) is 0 Å². The van der Waals surface area contributed by atoms with E-state index >= 15 is 0 Å². The van der Waals surface area contributed by atoms with Crippen molar-refractivity contribution in [2.75, 3.05) is 29.3 Å². The number of hydrogen-bond donors (Lipinski definition) is 2. The monoisotopic (exact) mass is 519 g/mol. The molecule has 0 aliphatic carbocycles. The summed E-state index contributed by atoms with van der Waals surface area (Å²) in [6.45, 7) is 1.87. The molecule has 4 rings (SSSR count). The van der Waals surface area contributed by atoms with Crippen molar-refractivity contribution in [1.29, 1.82) is 0 Å². The normalized spacial score (nSPS) is 13.0. The molecule has 3 amide bonds. The molecule has 0 aromatic heterocycles. The molecule has 0 atom stereocenters. The minimum Gasteiger partial charge on any atom is -0.497 e. The van der Waals surface area contributed by atoms with Gasteiger partial charge in [-0.1, -0.05) is 23.7 Å². The fraction of sp³-hybridized carbons (Fsp3) is 0.111. The van der Waals surface area contributed by atoms with Crippen LogP contribution >= 0.6 is 11.6 Å². The molecule has 0 saturated carbocycles. The zero-order valence-electron chi connectivity index (χ0n) is 19.9. The molecule has 3 aromatic carbocycles. The van der Waals surface area contributed by atoms with E-state index in [1.165, 1.54) is 31.4 Å². The lowest BCUT2D eigenvalue weighted by molar-refractivity contribution is -0.120. The van der Waals surface area contributed by atoms with E-state index in [2.05, 4.69) is 10.6 Å². The van der Waals surface area contributed by atoms with Crippen LogP contribution in [0.5, 0.6) is 5.75 Å². The summed E-state index contributed by atoms with van der Waals surface area (Å²) in [6.07, 6.45) is 0. The maximum Gasteiger partial charge on any atom is 0.338 e. The van der Waals surface area contributed by atoms with Gasteiger partial charge in [-0.3, -0.25) is 14.4 Å². The van der Waals surface area contributed by atoms with Crippen LogP contribution in [0.4, 0.5) is 17.1 Å². The second-order valence-corrected chi connectivity index (χ2v) is 8.17. The summed E-state index contributed by atoms with van der Waals surface area (Å²) in [5, 5.41) is 5.34. The lowest BCUT2D eigenvalue weighted by Gasteiger charge is -2.16. The molecule has 188 valence electrons. The number of imide groups is 1. The highest BCUT2D eigenvalue weighted by atomic mass is 35.5. The Bertz CT molecular complexity index is 1420. The summed E-state index contributed by atoms with van der Waals surface area (Å²) in [5.74, 6) is -1.71. The molecule has 0 fully saturated rings. The lowest BCUT2D eigenvalue weighted by Crippen LogP contribution is -2.32. The van der Waals surface area contributed by atoms with Gasteiger partial charge in [-0.15, -0.1) is 0 Å². The Kier molecular flexibility index (Phi) is 7.55. The van der Waals surface area contributed by atoms with Crippen molar-refractivity contribution in [3.8, 4) is 5.75 Å². The molecule has 10 heteroatoms. The van der Waals surface area contributed by atoms with Crippen molar-refractivity contribution < 1.29 is 28.7 Å². The van der Waals surface area contributed by atoms with Gasteiger partial charge in [0.25, 0.3) is 17.7 Å². The van der Waals surface area contributed by atoms with Gasteiger partial charge in [0, 0.05) is 23.0 Å². The number of carbonyl (C=O) groups excluding carboxylic acids is 4. The van der Waals surface area contributed by atoms with Crippen molar-refractivity contribution in [3.05, 3.63) is 94.7 Å². The second kappa shape index (κ2) is 11.0. The summed E-state index contributed by atoms with van der Waals surface area (Å²) < 4.78 is 10.1. The fourth-order valence-electron chi connectivity index (χ4n) is 3.59. The quantitative estimate of drug-likeness (QED) is 0.331. The molecular weight excluding hydrogens is 498 g/mol. The first-order chi connectivity index (χ1) is 17.8. The van der Waals surface area contributed by atoms with Gasteiger partial charge in [0.2, 0.25) is 0 Å². The first-order valence-corrected chi connectivity index (χ1v) is 11.6. The van der Waals surface area contributed by atoms with Gasteiger partial charge in [0.15, 0.2) is 0 Å². The molecule has 1 heterocycles. The van der Waals surface area contributed by atoms with E-state index in [1.54, 1.807) is 55.5 Å². The van der Waals surface area contributed by atoms with E-state index in [0.717, 1.165) is 4.90 Å². The molecule has 1 aliphatic heterocycles. The number of nitrogens with zero attached hydrogens (tertiary/aromatic N) is 1. The van der Waals surface area contributed by atoms with E-state index in [4.69, 9.17) is 21.1 Å². The number of hydrogen-bond acceptors (Lipinski definition) is 7. The minimum absolute atomic E-state index is 0.123. The molecule has 0 unspecified atom stereocenters. The van der Waals surface area contributed by atoms with Gasteiger partial charge in [-0.2, -0.15) is 0 Å². The van der Waals surface area contributed by atoms with E-state index in [0.29, 0.717) is 22.7 Å². The van der Waals surface area contributed by atoms with E-state index in [-0.39, 0.29) is 34.5 Å². The number of esters is 1. The third-order valence-corrected chi connectivity index (χ3v) is 5.74. The number of amides is 3. The first-order valence-electron chi connectivity index (χ1n) is 11.2. The Hall–Kier alpha value is -4.63. The standard InChI is InChI=1S/C27H22ClN3O6/c1-3-37-27(35)17-6-4-8-20(14-17)31-25(33)22(28)23(26(31)34)29-18-12-10-16(11-13-18)24(32)30-19-7-5-9-21(15-19)36-2/h4-15,29H,3H2,1-2H3,(H,30,32). The van der Waals surface area contributed by atoms with Crippen molar-refractivity contribution in [2.45, 2.75) is 6.92 Å². The number of rotatable bonds is 8. The Balaban J connectivity index is 1.47. The highest BCUT2D eigenvalue weighted by molar-refractivity contribution is 6.53. The fourth-order valence-corrected chi connectivity index (χ4v) is 3.80. The zero-order valence-corrected chi connectivity index (χ0v) is 20.7. The SMILES string of the molecule is CCOC(=O)c1cccc(N2C(=O)C(Cl)=C(Nc3ccc(C(=O)Nc4cccc(OC)c4)cc3)C2=O)c1. The number of carbonyl (C=O) groups is 4. The number of ether oxygens (including phenoxy) is 2. The van der Waals surface area contributed by atoms with Crippen LogP contribution in [0.1, 0.15) is 27.6 Å². The van der Waals surface area contributed by atoms with Gasteiger partial charge in [0.05, 0.1) is 25.0 Å². The van der Waals surface area contributed by atoms with Crippen molar-refractivity contribution in [2.24, 2.45) is 0 Å². The van der Waals surface area contributed by atoms with Crippen LogP contribution in [0, 0.1) is 0 Å². The summed E-state index contributed by atoms with van der Waals surface area (Å²) in [4.78, 5) is 51.4. The Morgan fingerprint density at radius 3 is 2.32 bits per heavy atom. The zero-order chi connectivity index (χ0) is 26.5. The van der Waals surface area contributed by atoms with Gasteiger partial charge >= 0.3 is 5.97 Å². The van der Waals surface area contributed by atoms with Gasteiger partial charge < -0.3 is 20.1 Å². The highest BCUT2D eigenvalue weighted by Crippen LogP contribution is 2.31. The molecule has 0 radical (unpaired) electrons. The Labute approximate surface area is 217 Å². The molecule has 0 spiro atoms. The molecule has 3 aromatic rings. The molecule has 0 saturated heterocycles. The second-order valence-electron chi connectivity index (χ2n) is 7.79. The summed E-state index contributed by atoms with van der Waals surface area (Å²) >= 11 is 6.21. The van der Waals surface area contributed by atoms with E-state index in [9.17, 15) is 19.2 Å². The van der Waals surface area contributed by atoms with Crippen molar-refractivity contribution in [3.63, 3.8) is 0 Å². The van der Waals surface area contributed by atoms with E-state index < -0.39 is 17.8 Å². The van der Waals surface area contributed by atoms with Crippen LogP contribution in [0.3, 0.4) is 0 Å². The maximum absolute atomic E-state index is 13.1. The highest BCUT2D eigenvalue weighted by Gasteiger charge is 2.39. The number of benzene rings is 3. The van der Waals surface area contributed by atoms with Crippen molar-refractivity contribution in [1.82, 2.24) is 0 Å². The first kappa shape index (κ1) is 25.5. The van der Waals surface area contributed by atoms with Crippen molar-refractivity contribution >= 4 is 52.4 Å².